The topological polar surface area (TPSA) is 113 Å². The van der Waals surface area contributed by atoms with Crippen LogP contribution in [0.4, 0.5) is 20.4 Å². The summed E-state index contributed by atoms with van der Waals surface area (Å²) in [6.45, 7) is 3.47. The largest absolute Gasteiger partial charge is 0.480 e. The summed E-state index contributed by atoms with van der Waals surface area (Å²) in [6, 6.07) is 5.24. The van der Waals surface area contributed by atoms with Crippen LogP contribution < -0.4 is 10.6 Å². The highest BCUT2D eigenvalue weighted by Crippen LogP contribution is 2.23. The number of nitrogens with one attached hydrogen (secondary N) is 2. The number of ether oxygens (including phenoxy) is 1. The van der Waals surface area contributed by atoms with Gasteiger partial charge in [0.15, 0.2) is 11.6 Å². The van der Waals surface area contributed by atoms with Gasteiger partial charge in [-0.2, -0.15) is 0 Å². The van der Waals surface area contributed by atoms with Crippen molar-refractivity contribution in [2.45, 2.75) is 44.6 Å². The lowest BCUT2D eigenvalue weighted by atomic mass is 10.1. The Morgan fingerprint density at radius 3 is 2.84 bits per heavy atom. The van der Waals surface area contributed by atoms with Crippen molar-refractivity contribution in [2.75, 3.05) is 50.5 Å². The number of carbonyl (C=O) groups is 1. The van der Waals surface area contributed by atoms with Gasteiger partial charge in [0.05, 0.1) is 12.1 Å². The summed E-state index contributed by atoms with van der Waals surface area (Å²) in [5.74, 6) is -1.97. The van der Waals surface area contributed by atoms with Crippen LogP contribution in [0.2, 0.25) is 0 Å². The third kappa shape index (κ3) is 7.32. The third-order valence-corrected chi connectivity index (χ3v) is 6.74. The Morgan fingerprint density at radius 2 is 2.03 bits per heavy atom. The number of aliphatic carboxylic acids is 1. The SMILES string of the molecule is COCCN(CCCCc1ccc2c(n1)NCCC2)CCC(Nc1ncnc2cc(F)c(F)cc12)C(=O)O. The van der Waals surface area contributed by atoms with E-state index in [2.05, 4.69) is 37.6 Å². The molecule has 1 unspecified atom stereocenters. The molecule has 1 atom stereocenters. The Bertz CT molecular complexity index is 1240. The molecule has 3 heterocycles. The van der Waals surface area contributed by atoms with Gasteiger partial charge in [-0.25, -0.2) is 28.5 Å². The van der Waals surface area contributed by atoms with Crippen molar-refractivity contribution in [1.82, 2.24) is 19.9 Å². The molecule has 0 saturated heterocycles. The van der Waals surface area contributed by atoms with E-state index in [4.69, 9.17) is 9.72 Å². The Morgan fingerprint density at radius 1 is 1.18 bits per heavy atom. The van der Waals surface area contributed by atoms with E-state index in [9.17, 15) is 18.7 Å². The zero-order valence-corrected chi connectivity index (χ0v) is 21.6. The van der Waals surface area contributed by atoms with Gasteiger partial charge in [0.1, 0.15) is 24.0 Å². The van der Waals surface area contributed by atoms with E-state index in [1.165, 1.54) is 11.9 Å². The van der Waals surface area contributed by atoms with Crippen molar-refractivity contribution in [1.29, 1.82) is 0 Å². The second kappa shape index (κ2) is 13.4. The zero-order chi connectivity index (χ0) is 26.9. The second-order valence-corrected chi connectivity index (χ2v) is 9.46. The summed E-state index contributed by atoms with van der Waals surface area (Å²) in [5, 5.41) is 16.3. The number of rotatable bonds is 14. The van der Waals surface area contributed by atoms with Crippen LogP contribution in [0.15, 0.2) is 30.6 Å². The minimum Gasteiger partial charge on any atom is -0.480 e. The summed E-state index contributed by atoms with van der Waals surface area (Å²) in [6.07, 6.45) is 6.46. The van der Waals surface area contributed by atoms with Crippen LogP contribution in [-0.2, 0) is 22.4 Å². The van der Waals surface area contributed by atoms with E-state index in [1.807, 2.05) is 0 Å². The number of aryl methyl sites for hydroxylation is 2. The highest BCUT2D eigenvalue weighted by atomic mass is 19.2. The fourth-order valence-electron chi connectivity index (χ4n) is 4.61. The van der Waals surface area contributed by atoms with Crippen LogP contribution >= 0.6 is 0 Å². The first kappa shape index (κ1) is 27.6. The van der Waals surface area contributed by atoms with Crippen LogP contribution in [0.5, 0.6) is 0 Å². The molecular formula is C27H34F2N6O3. The third-order valence-electron chi connectivity index (χ3n) is 6.74. The average Bonchev–Trinajstić information content (AvgIpc) is 2.92. The molecule has 204 valence electrons. The van der Waals surface area contributed by atoms with Gasteiger partial charge >= 0.3 is 5.97 Å². The molecule has 0 aliphatic carbocycles. The number of nitrogens with zero attached hydrogens (tertiary/aromatic N) is 4. The van der Waals surface area contributed by atoms with E-state index >= 15 is 0 Å². The van der Waals surface area contributed by atoms with Gasteiger partial charge < -0.3 is 25.4 Å². The molecule has 11 heteroatoms. The van der Waals surface area contributed by atoms with E-state index < -0.39 is 23.6 Å². The number of carboxylic acid groups (broad SMARTS) is 1. The number of benzene rings is 1. The monoisotopic (exact) mass is 528 g/mol. The van der Waals surface area contributed by atoms with E-state index in [1.54, 1.807) is 7.11 Å². The lowest BCUT2D eigenvalue weighted by molar-refractivity contribution is -0.138. The zero-order valence-electron chi connectivity index (χ0n) is 21.6. The lowest BCUT2D eigenvalue weighted by Crippen LogP contribution is -2.37. The van der Waals surface area contributed by atoms with Crippen LogP contribution in [0.25, 0.3) is 10.9 Å². The minimum absolute atomic E-state index is 0.150. The van der Waals surface area contributed by atoms with Gasteiger partial charge in [-0.1, -0.05) is 6.07 Å². The predicted molar refractivity (Wildman–Crippen MR) is 141 cm³/mol. The second-order valence-electron chi connectivity index (χ2n) is 9.46. The molecule has 2 aromatic heterocycles. The molecule has 38 heavy (non-hydrogen) atoms. The van der Waals surface area contributed by atoms with Crippen molar-refractivity contribution in [3.63, 3.8) is 0 Å². The molecule has 1 aromatic carbocycles. The molecule has 0 radical (unpaired) electrons. The fraction of sp³-hybridized carbons (Fsp3) is 0.481. The molecule has 3 N–H and O–H groups in total. The number of halogens is 2. The number of aromatic nitrogens is 3. The summed E-state index contributed by atoms with van der Waals surface area (Å²) in [4.78, 5) is 27.0. The van der Waals surface area contributed by atoms with E-state index in [0.717, 1.165) is 68.8 Å². The molecule has 0 amide bonds. The van der Waals surface area contributed by atoms with Crippen LogP contribution in [0, 0.1) is 11.6 Å². The van der Waals surface area contributed by atoms with Crippen molar-refractivity contribution in [2.24, 2.45) is 0 Å². The number of anilines is 2. The Balaban J connectivity index is 1.32. The molecule has 0 spiro atoms. The van der Waals surface area contributed by atoms with Crippen molar-refractivity contribution in [3.05, 3.63) is 53.5 Å². The van der Waals surface area contributed by atoms with Gasteiger partial charge in [-0.3, -0.25) is 0 Å². The van der Waals surface area contributed by atoms with Crippen molar-refractivity contribution in [3.8, 4) is 0 Å². The van der Waals surface area contributed by atoms with Gasteiger partial charge in [-0.15, -0.1) is 0 Å². The smallest absolute Gasteiger partial charge is 0.326 e. The molecule has 0 fully saturated rings. The summed E-state index contributed by atoms with van der Waals surface area (Å²) >= 11 is 0. The number of pyridine rings is 1. The van der Waals surface area contributed by atoms with Gasteiger partial charge in [-0.05, 0) is 62.8 Å². The highest BCUT2D eigenvalue weighted by molar-refractivity contribution is 5.90. The normalized spacial score (nSPS) is 13.8. The molecule has 9 nitrogen and oxygen atoms in total. The first-order valence-electron chi connectivity index (χ1n) is 13.0. The summed E-state index contributed by atoms with van der Waals surface area (Å²) in [5.41, 5.74) is 2.54. The van der Waals surface area contributed by atoms with Crippen LogP contribution in [0.3, 0.4) is 0 Å². The van der Waals surface area contributed by atoms with Gasteiger partial charge in [0.2, 0.25) is 0 Å². The Kier molecular flexibility index (Phi) is 9.72. The van der Waals surface area contributed by atoms with Gasteiger partial charge in [0.25, 0.3) is 0 Å². The maximum atomic E-state index is 13.8. The predicted octanol–water partition coefficient (Wildman–Crippen LogP) is 3.89. The van der Waals surface area contributed by atoms with Crippen molar-refractivity contribution < 1.29 is 23.4 Å². The molecule has 0 saturated carbocycles. The quantitative estimate of drug-likeness (QED) is 0.268. The standard InChI is InChI=1S/C27H34F2N6O3/c1-38-14-13-35(11-3-2-6-19-8-7-18-5-4-10-30-25(18)33-19)12-9-23(27(36)37)34-26-20-15-21(28)22(29)16-24(20)31-17-32-26/h7-8,15-17,23H,2-6,9-14H2,1H3,(H,30,33)(H,36,37)(H,31,32,34). The minimum atomic E-state index is -1.06. The van der Waals surface area contributed by atoms with Gasteiger partial charge in [0, 0.05) is 43.9 Å². The first-order valence-corrected chi connectivity index (χ1v) is 13.0. The maximum absolute atomic E-state index is 13.8. The maximum Gasteiger partial charge on any atom is 0.326 e. The Labute approximate surface area is 220 Å². The summed E-state index contributed by atoms with van der Waals surface area (Å²) in [7, 11) is 1.64. The Hall–Kier alpha value is -3.44. The van der Waals surface area contributed by atoms with Crippen LogP contribution in [-0.4, -0.2) is 76.9 Å². The molecule has 0 bridgehead atoms. The van der Waals surface area contributed by atoms with E-state index in [0.29, 0.717) is 19.7 Å². The number of methoxy groups -OCH3 is 1. The lowest BCUT2D eigenvalue weighted by Gasteiger charge is -2.24. The van der Waals surface area contributed by atoms with Crippen molar-refractivity contribution >= 4 is 28.5 Å². The highest BCUT2D eigenvalue weighted by Gasteiger charge is 2.21. The molecule has 3 aromatic rings. The molecule has 1 aliphatic heterocycles. The number of fused-ring (bicyclic) bond motifs is 2. The average molecular weight is 529 g/mol. The summed E-state index contributed by atoms with van der Waals surface area (Å²) < 4.78 is 32.7. The number of hydrogen-bond donors (Lipinski definition) is 3. The van der Waals surface area contributed by atoms with Crippen LogP contribution in [0.1, 0.15) is 36.9 Å². The molecular weight excluding hydrogens is 494 g/mol. The number of carboxylic acids is 1. The first-order chi connectivity index (χ1) is 18.4. The fourth-order valence-corrected chi connectivity index (χ4v) is 4.61. The molecule has 1 aliphatic rings. The number of hydrogen-bond acceptors (Lipinski definition) is 8. The molecule has 4 rings (SSSR count). The number of unbranched alkanes of at least 4 members (excludes halogenated alkanes) is 1. The van der Waals surface area contributed by atoms with E-state index in [-0.39, 0.29) is 23.1 Å².